The molecule has 2 atom stereocenters. The van der Waals surface area contributed by atoms with Crippen molar-refractivity contribution in [3.8, 4) is 0 Å². The summed E-state index contributed by atoms with van der Waals surface area (Å²) in [4.78, 5) is 0. The Balaban J connectivity index is 2.08. The molecule has 0 bridgehead atoms. The Morgan fingerprint density at radius 2 is 2.31 bits per heavy atom. The van der Waals surface area contributed by atoms with E-state index in [2.05, 4.69) is 5.32 Å². The molecule has 2 rings (SSSR count). The Hall–Kier alpha value is -0.800. The highest BCUT2D eigenvalue weighted by molar-refractivity contribution is 6.33. The van der Waals surface area contributed by atoms with Crippen LogP contribution in [0.5, 0.6) is 0 Å². The lowest BCUT2D eigenvalue weighted by atomic mass is 10.0. The summed E-state index contributed by atoms with van der Waals surface area (Å²) >= 11 is 5.95. The van der Waals surface area contributed by atoms with Gasteiger partial charge in [0.1, 0.15) is 5.82 Å². The van der Waals surface area contributed by atoms with Gasteiger partial charge in [0.15, 0.2) is 0 Å². The van der Waals surface area contributed by atoms with Crippen molar-refractivity contribution in [3.05, 3.63) is 29.0 Å². The lowest BCUT2D eigenvalue weighted by Crippen LogP contribution is -2.32. The van der Waals surface area contributed by atoms with Crippen molar-refractivity contribution in [1.29, 1.82) is 0 Å². The van der Waals surface area contributed by atoms with Gasteiger partial charge in [-0.05, 0) is 31.9 Å². The van der Waals surface area contributed by atoms with Gasteiger partial charge in [-0.15, -0.1) is 0 Å². The lowest BCUT2D eigenvalue weighted by molar-refractivity contribution is 0.0232. The number of anilines is 1. The molecule has 1 aliphatic heterocycles. The zero-order valence-electron chi connectivity index (χ0n) is 9.17. The van der Waals surface area contributed by atoms with E-state index in [0.29, 0.717) is 17.3 Å². The molecule has 1 heterocycles. The number of ether oxygens (including phenoxy) is 1. The number of benzene rings is 1. The summed E-state index contributed by atoms with van der Waals surface area (Å²) in [7, 11) is 0. The molecular formula is C12H15ClFNO. The van der Waals surface area contributed by atoms with Crippen LogP contribution in [-0.2, 0) is 4.74 Å². The molecule has 0 saturated carbocycles. The molecule has 1 aliphatic rings. The van der Waals surface area contributed by atoms with Crippen molar-refractivity contribution in [2.24, 2.45) is 0 Å². The van der Waals surface area contributed by atoms with Gasteiger partial charge in [0.05, 0.1) is 16.8 Å². The number of nitrogens with one attached hydrogen (secondary N) is 1. The molecule has 1 aromatic carbocycles. The van der Waals surface area contributed by atoms with Gasteiger partial charge in [-0.25, -0.2) is 4.39 Å². The summed E-state index contributed by atoms with van der Waals surface area (Å²) in [6.45, 7) is 2.74. The maximum Gasteiger partial charge on any atom is 0.147 e. The predicted octanol–water partition coefficient (Wildman–Crippen LogP) is 3.46. The Kier molecular flexibility index (Phi) is 3.66. The first-order valence-corrected chi connectivity index (χ1v) is 5.87. The summed E-state index contributed by atoms with van der Waals surface area (Å²) in [6, 6.07) is 4.94. The molecule has 1 saturated heterocycles. The molecule has 4 heteroatoms. The SMILES string of the molecule is CC1CC(Nc2c(F)cccc2Cl)CCO1. The smallest absolute Gasteiger partial charge is 0.147 e. The van der Waals surface area contributed by atoms with E-state index in [9.17, 15) is 4.39 Å². The summed E-state index contributed by atoms with van der Waals surface area (Å²) in [6.07, 6.45) is 1.98. The second-order valence-electron chi connectivity index (χ2n) is 4.14. The van der Waals surface area contributed by atoms with Gasteiger partial charge in [-0.3, -0.25) is 0 Å². The van der Waals surface area contributed by atoms with Gasteiger partial charge in [0.2, 0.25) is 0 Å². The maximum atomic E-state index is 13.5. The minimum Gasteiger partial charge on any atom is -0.379 e. The third-order valence-corrected chi connectivity index (χ3v) is 3.11. The van der Waals surface area contributed by atoms with Crippen LogP contribution in [0.25, 0.3) is 0 Å². The first-order valence-electron chi connectivity index (χ1n) is 5.49. The third-order valence-electron chi connectivity index (χ3n) is 2.80. The van der Waals surface area contributed by atoms with Crippen LogP contribution in [0, 0.1) is 5.82 Å². The van der Waals surface area contributed by atoms with Crippen LogP contribution < -0.4 is 5.32 Å². The van der Waals surface area contributed by atoms with Crippen molar-refractivity contribution in [2.45, 2.75) is 31.9 Å². The summed E-state index contributed by atoms with van der Waals surface area (Å²) < 4.78 is 19.0. The molecule has 1 aromatic rings. The largest absolute Gasteiger partial charge is 0.379 e. The molecule has 2 unspecified atom stereocenters. The standard InChI is InChI=1S/C12H15ClFNO/c1-8-7-9(5-6-16-8)15-12-10(13)3-2-4-11(12)14/h2-4,8-9,15H,5-7H2,1H3. The predicted molar refractivity (Wildman–Crippen MR) is 63.5 cm³/mol. The molecule has 16 heavy (non-hydrogen) atoms. The second-order valence-corrected chi connectivity index (χ2v) is 4.55. The normalized spacial score (nSPS) is 25.4. The van der Waals surface area contributed by atoms with Crippen molar-refractivity contribution in [1.82, 2.24) is 0 Å². The molecule has 88 valence electrons. The average molecular weight is 244 g/mol. The second kappa shape index (κ2) is 5.02. The van der Waals surface area contributed by atoms with Gasteiger partial charge in [-0.1, -0.05) is 17.7 Å². The fourth-order valence-corrected chi connectivity index (χ4v) is 2.19. The number of para-hydroxylation sites is 1. The monoisotopic (exact) mass is 243 g/mol. The van der Waals surface area contributed by atoms with Crippen molar-refractivity contribution >= 4 is 17.3 Å². The van der Waals surface area contributed by atoms with Crippen LogP contribution in [0.3, 0.4) is 0 Å². The van der Waals surface area contributed by atoms with E-state index < -0.39 is 0 Å². The van der Waals surface area contributed by atoms with Gasteiger partial charge >= 0.3 is 0 Å². The summed E-state index contributed by atoms with van der Waals surface area (Å²) in [5.74, 6) is -0.299. The fraction of sp³-hybridized carbons (Fsp3) is 0.500. The minimum absolute atomic E-state index is 0.219. The summed E-state index contributed by atoms with van der Waals surface area (Å²) in [5.41, 5.74) is 0.406. The van der Waals surface area contributed by atoms with Crippen molar-refractivity contribution in [3.63, 3.8) is 0 Å². The molecule has 0 amide bonds. The fourth-order valence-electron chi connectivity index (χ4n) is 1.97. The Morgan fingerprint density at radius 1 is 1.50 bits per heavy atom. The number of rotatable bonds is 2. The highest BCUT2D eigenvalue weighted by atomic mass is 35.5. The lowest BCUT2D eigenvalue weighted by Gasteiger charge is -2.29. The van der Waals surface area contributed by atoms with E-state index in [1.165, 1.54) is 6.07 Å². The van der Waals surface area contributed by atoms with Crippen molar-refractivity contribution in [2.75, 3.05) is 11.9 Å². The van der Waals surface area contributed by atoms with Crippen LogP contribution in [-0.4, -0.2) is 18.8 Å². The Bertz CT molecular complexity index is 352. The first-order chi connectivity index (χ1) is 7.66. The Labute approximate surface area is 99.7 Å². The van der Waals surface area contributed by atoms with Crippen molar-refractivity contribution < 1.29 is 9.13 Å². The van der Waals surface area contributed by atoms with Gasteiger partial charge < -0.3 is 10.1 Å². The van der Waals surface area contributed by atoms with Crippen LogP contribution in [0.15, 0.2) is 18.2 Å². The van der Waals surface area contributed by atoms with E-state index in [-0.39, 0.29) is 18.0 Å². The van der Waals surface area contributed by atoms with E-state index >= 15 is 0 Å². The van der Waals surface area contributed by atoms with Crippen LogP contribution in [0.4, 0.5) is 10.1 Å². The molecule has 1 N–H and O–H groups in total. The topological polar surface area (TPSA) is 21.3 Å². The Morgan fingerprint density at radius 3 is 3.00 bits per heavy atom. The van der Waals surface area contributed by atoms with Crippen LogP contribution >= 0.6 is 11.6 Å². The average Bonchev–Trinajstić information content (AvgIpc) is 2.24. The van der Waals surface area contributed by atoms with Gasteiger partial charge in [-0.2, -0.15) is 0 Å². The highest BCUT2D eigenvalue weighted by Crippen LogP contribution is 2.27. The number of hydrogen-bond acceptors (Lipinski definition) is 2. The van der Waals surface area contributed by atoms with E-state index in [0.717, 1.165) is 12.8 Å². The minimum atomic E-state index is -0.299. The van der Waals surface area contributed by atoms with Gasteiger partial charge in [0.25, 0.3) is 0 Å². The van der Waals surface area contributed by atoms with E-state index in [1.807, 2.05) is 6.92 Å². The van der Waals surface area contributed by atoms with Gasteiger partial charge in [0, 0.05) is 12.6 Å². The van der Waals surface area contributed by atoms with E-state index in [1.54, 1.807) is 12.1 Å². The molecular weight excluding hydrogens is 229 g/mol. The quantitative estimate of drug-likeness (QED) is 0.859. The molecule has 1 fully saturated rings. The molecule has 0 aliphatic carbocycles. The number of hydrogen-bond donors (Lipinski definition) is 1. The zero-order valence-corrected chi connectivity index (χ0v) is 9.93. The van der Waals surface area contributed by atoms with E-state index in [4.69, 9.17) is 16.3 Å². The molecule has 0 aromatic heterocycles. The zero-order chi connectivity index (χ0) is 11.5. The third kappa shape index (κ3) is 2.66. The maximum absolute atomic E-state index is 13.5. The highest BCUT2D eigenvalue weighted by Gasteiger charge is 2.20. The van der Waals surface area contributed by atoms with Crippen LogP contribution in [0.2, 0.25) is 5.02 Å². The molecule has 2 nitrogen and oxygen atoms in total. The number of halogens is 2. The molecule has 0 radical (unpaired) electrons. The van der Waals surface area contributed by atoms with Crippen LogP contribution in [0.1, 0.15) is 19.8 Å². The first kappa shape index (κ1) is 11.7. The molecule has 0 spiro atoms. The summed E-state index contributed by atoms with van der Waals surface area (Å²) in [5, 5.41) is 3.59.